The molecule has 1 aromatic carbocycles. The van der Waals surface area contributed by atoms with Gasteiger partial charge in [-0.15, -0.1) is 0 Å². The number of nitrogens with zero attached hydrogens (tertiary/aromatic N) is 2. The van der Waals surface area contributed by atoms with Crippen molar-refractivity contribution in [3.63, 3.8) is 0 Å². The molecule has 0 aliphatic rings. The lowest BCUT2D eigenvalue weighted by molar-refractivity contribution is 0.107. The van der Waals surface area contributed by atoms with Gasteiger partial charge >= 0.3 is 0 Å². The molecular formula is C22H33N3O. The van der Waals surface area contributed by atoms with E-state index in [0.29, 0.717) is 25.3 Å². The van der Waals surface area contributed by atoms with Gasteiger partial charge in [0.2, 0.25) is 0 Å². The van der Waals surface area contributed by atoms with E-state index in [-0.39, 0.29) is 6.17 Å². The number of pyridine rings is 1. The maximum Gasteiger partial charge on any atom is 0.127 e. The summed E-state index contributed by atoms with van der Waals surface area (Å²) in [6, 6.07) is 15.4. The molecule has 0 radical (unpaired) electrons. The first-order valence-corrected chi connectivity index (χ1v) is 9.50. The van der Waals surface area contributed by atoms with E-state index in [1.807, 2.05) is 25.1 Å². The van der Waals surface area contributed by atoms with Crippen molar-refractivity contribution in [2.75, 3.05) is 5.32 Å². The summed E-state index contributed by atoms with van der Waals surface area (Å²) in [6.07, 6.45) is 0.211. The first-order chi connectivity index (χ1) is 12.4. The van der Waals surface area contributed by atoms with Crippen LogP contribution in [0.3, 0.4) is 0 Å². The number of nitrogens with one attached hydrogen (secondary N) is 1. The number of aromatic nitrogens is 1. The molecule has 0 aliphatic heterocycles. The minimum Gasteiger partial charge on any atom is -0.372 e. The summed E-state index contributed by atoms with van der Waals surface area (Å²) in [6.45, 7) is 14.3. The third-order valence-electron chi connectivity index (χ3n) is 4.39. The molecular weight excluding hydrogens is 322 g/mol. The summed E-state index contributed by atoms with van der Waals surface area (Å²) >= 11 is 0. The van der Waals surface area contributed by atoms with Crippen LogP contribution in [0.5, 0.6) is 0 Å². The van der Waals surface area contributed by atoms with Gasteiger partial charge in [-0.1, -0.05) is 30.3 Å². The number of rotatable bonds is 9. The normalized spacial score (nSPS) is 12.8. The summed E-state index contributed by atoms with van der Waals surface area (Å²) < 4.78 is 5.88. The zero-order valence-electron chi connectivity index (χ0n) is 17.0. The molecule has 2 rings (SSSR count). The van der Waals surface area contributed by atoms with E-state index < -0.39 is 0 Å². The third-order valence-corrected chi connectivity index (χ3v) is 4.39. The first-order valence-electron chi connectivity index (χ1n) is 9.50. The maximum atomic E-state index is 5.88. The largest absolute Gasteiger partial charge is 0.372 e. The first kappa shape index (κ1) is 20.4. The zero-order valence-corrected chi connectivity index (χ0v) is 17.0. The van der Waals surface area contributed by atoms with E-state index >= 15 is 0 Å². The summed E-state index contributed by atoms with van der Waals surface area (Å²) in [5.74, 6) is 0.905. The quantitative estimate of drug-likeness (QED) is 0.644. The smallest absolute Gasteiger partial charge is 0.127 e. The van der Waals surface area contributed by atoms with E-state index in [9.17, 15) is 0 Å². The van der Waals surface area contributed by atoms with Crippen LogP contribution < -0.4 is 5.32 Å². The Kier molecular flexibility index (Phi) is 7.61. The minimum atomic E-state index is 0.211. The fourth-order valence-corrected chi connectivity index (χ4v) is 3.54. The van der Waals surface area contributed by atoms with Gasteiger partial charge in [0.05, 0.1) is 19.4 Å². The Balaban J connectivity index is 1.99. The fraction of sp³-hybridized carbons (Fsp3) is 0.500. The molecule has 1 heterocycles. The number of ether oxygens (including phenoxy) is 1. The van der Waals surface area contributed by atoms with Crippen LogP contribution in [0.2, 0.25) is 0 Å². The van der Waals surface area contributed by atoms with Crippen LogP contribution in [0.25, 0.3) is 0 Å². The van der Waals surface area contributed by atoms with Crippen molar-refractivity contribution < 1.29 is 4.74 Å². The second kappa shape index (κ2) is 9.70. The van der Waals surface area contributed by atoms with Gasteiger partial charge in [-0.05, 0) is 64.8 Å². The monoisotopic (exact) mass is 355 g/mol. The summed E-state index contributed by atoms with van der Waals surface area (Å²) in [5.41, 5.74) is 3.33. The molecule has 142 valence electrons. The van der Waals surface area contributed by atoms with Gasteiger partial charge in [0.1, 0.15) is 5.82 Å². The van der Waals surface area contributed by atoms with Crippen LogP contribution in [-0.4, -0.2) is 28.1 Å². The Morgan fingerprint density at radius 2 is 1.54 bits per heavy atom. The Morgan fingerprint density at radius 1 is 0.923 bits per heavy atom. The van der Waals surface area contributed by atoms with Gasteiger partial charge in [-0.2, -0.15) is 0 Å². The Morgan fingerprint density at radius 3 is 2.15 bits per heavy atom. The van der Waals surface area contributed by atoms with Gasteiger partial charge in [-0.3, -0.25) is 4.90 Å². The van der Waals surface area contributed by atoms with Gasteiger partial charge in [0.25, 0.3) is 0 Å². The lowest BCUT2D eigenvalue weighted by Gasteiger charge is -2.36. The molecule has 0 fully saturated rings. The number of aryl methyl sites for hydroxylation is 1. The molecule has 0 bridgehead atoms. The molecule has 0 saturated carbocycles. The zero-order chi connectivity index (χ0) is 19.1. The van der Waals surface area contributed by atoms with Crippen molar-refractivity contribution in [1.29, 1.82) is 0 Å². The molecule has 1 atom stereocenters. The lowest BCUT2D eigenvalue weighted by Crippen LogP contribution is -2.47. The standard InChI is InChI=1S/C22H33N3O/c1-16(2)25(17(3)4)19(6)24-22-13-21(12-18(5)23-22)15-26-14-20-10-8-7-9-11-20/h7-13,16-17,19H,14-15H2,1-6H3,(H,23,24). The summed E-state index contributed by atoms with van der Waals surface area (Å²) in [7, 11) is 0. The Hall–Kier alpha value is -1.91. The summed E-state index contributed by atoms with van der Waals surface area (Å²) in [5, 5.41) is 3.55. The van der Waals surface area contributed by atoms with E-state index in [1.165, 1.54) is 5.56 Å². The van der Waals surface area contributed by atoms with Gasteiger partial charge < -0.3 is 10.1 Å². The van der Waals surface area contributed by atoms with E-state index in [4.69, 9.17) is 4.74 Å². The van der Waals surface area contributed by atoms with Crippen LogP contribution in [0, 0.1) is 6.92 Å². The van der Waals surface area contributed by atoms with Crippen molar-refractivity contribution in [3.05, 3.63) is 59.3 Å². The second-order valence-corrected chi connectivity index (χ2v) is 7.44. The molecule has 0 saturated heterocycles. The van der Waals surface area contributed by atoms with Crippen LogP contribution in [0.1, 0.15) is 51.4 Å². The topological polar surface area (TPSA) is 37.4 Å². The molecule has 4 heteroatoms. The van der Waals surface area contributed by atoms with Crippen LogP contribution >= 0.6 is 0 Å². The fourth-order valence-electron chi connectivity index (χ4n) is 3.54. The van der Waals surface area contributed by atoms with Crippen molar-refractivity contribution in [2.45, 2.75) is 73.0 Å². The van der Waals surface area contributed by atoms with Crippen molar-refractivity contribution >= 4 is 5.82 Å². The number of anilines is 1. The Labute approximate surface area is 158 Å². The highest BCUT2D eigenvalue weighted by Gasteiger charge is 2.20. The molecule has 0 spiro atoms. The van der Waals surface area contributed by atoms with Gasteiger partial charge in [-0.25, -0.2) is 4.98 Å². The SMILES string of the molecule is Cc1cc(COCc2ccccc2)cc(NC(C)N(C(C)C)C(C)C)n1. The van der Waals surface area contributed by atoms with Gasteiger partial charge in [0.15, 0.2) is 0 Å². The molecule has 0 amide bonds. The van der Waals surface area contributed by atoms with Crippen molar-refractivity contribution in [3.8, 4) is 0 Å². The summed E-state index contributed by atoms with van der Waals surface area (Å²) in [4.78, 5) is 7.09. The highest BCUT2D eigenvalue weighted by Crippen LogP contribution is 2.17. The predicted molar refractivity (Wildman–Crippen MR) is 109 cm³/mol. The van der Waals surface area contributed by atoms with Crippen LogP contribution in [0.4, 0.5) is 5.82 Å². The maximum absolute atomic E-state index is 5.88. The molecule has 4 nitrogen and oxygen atoms in total. The highest BCUT2D eigenvalue weighted by atomic mass is 16.5. The Bertz CT molecular complexity index is 662. The minimum absolute atomic E-state index is 0.211. The molecule has 1 aromatic heterocycles. The number of hydrogen-bond acceptors (Lipinski definition) is 4. The van der Waals surface area contributed by atoms with Crippen LogP contribution in [0.15, 0.2) is 42.5 Å². The molecule has 26 heavy (non-hydrogen) atoms. The molecule has 1 unspecified atom stereocenters. The van der Waals surface area contributed by atoms with E-state index in [2.05, 4.69) is 74.1 Å². The molecule has 1 N–H and O–H groups in total. The number of hydrogen-bond donors (Lipinski definition) is 1. The third kappa shape index (κ3) is 6.11. The highest BCUT2D eigenvalue weighted by molar-refractivity contribution is 5.40. The predicted octanol–water partition coefficient (Wildman–Crippen LogP) is 4.98. The van der Waals surface area contributed by atoms with Crippen molar-refractivity contribution in [1.82, 2.24) is 9.88 Å². The second-order valence-electron chi connectivity index (χ2n) is 7.44. The lowest BCUT2D eigenvalue weighted by atomic mass is 10.2. The van der Waals surface area contributed by atoms with Crippen LogP contribution in [-0.2, 0) is 18.0 Å². The molecule has 0 aliphatic carbocycles. The average molecular weight is 356 g/mol. The average Bonchev–Trinajstić information content (AvgIpc) is 2.54. The molecule has 2 aromatic rings. The van der Waals surface area contributed by atoms with E-state index in [0.717, 1.165) is 17.1 Å². The van der Waals surface area contributed by atoms with Crippen molar-refractivity contribution in [2.24, 2.45) is 0 Å². The van der Waals surface area contributed by atoms with Gasteiger partial charge in [0, 0.05) is 17.8 Å². The number of benzene rings is 1. The van der Waals surface area contributed by atoms with E-state index in [1.54, 1.807) is 0 Å².